The van der Waals surface area contributed by atoms with Gasteiger partial charge >= 0.3 is 0 Å². The summed E-state index contributed by atoms with van der Waals surface area (Å²) in [6, 6.07) is 8.24. The number of carbonyl (C=O) groups excluding carboxylic acids is 3. The summed E-state index contributed by atoms with van der Waals surface area (Å²) in [5.74, 6) is 2.15. The Kier molecular flexibility index (Phi) is 30.9. The van der Waals surface area contributed by atoms with Crippen molar-refractivity contribution in [3.8, 4) is 0 Å². The van der Waals surface area contributed by atoms with Gasteiger partial charge in [0.25, 0.3) is 0 Å². The molecule has 1 aromatic carbocycles. The van der Waals surface area contributed by atoms with Gasteiger partial charge in [-0.05, 0) is 50.2 Å². The molecule has 0 spiro atoms. The molecule has 0 aliphatic carbocycles. The standard InChI is InChI=1S/C30H49N3O3S2.2C2H6/c1-5-6-7-8-11-21-31-29(35)15-10-9-13-26-16-18-27(19-17-26)25(4)32-33-30(36)20-23-38-37-22-12-14-28(34)24(2)3;2*1-2/h16-19,24H,5-15,20-23H2,1-4H3,(H,31,35)(H,33,36);2*1-2H3/b32-25+;;. The molecule has 8 heteroatoms. The van der Waals surface area contributed by atoms with E-state index in [9.17, 15) is 14.4 Å². The van der Waals surface area contributed by atoms with Gasteiger partial charge in [0, 0.05) is 43.2 Å². The number of rotatable bonds is 22. The van der Waals surface area contributed by atoms with E-state index in [4.69, 9.17) is 0 Å². The molecule has 6 nitrogen and oxygen atoms in total. The van der Waals surface area contributed by atoms with Crippen molar-refractivity contribution in [1.29, 1.82) is 0 Å². The molecule has 0 saturated heterocycles. The molecule has 2 N–H and O–H groups in total. The Morgan fingerprint density at radius 3 is 2.05 bits per heavy atom. The van der Waals surface area contributed by atoms with Crippen LogP contribution in [0.4, 0.5) is 0 Å². The minimum atomic E-state index is -0.0930. The van der Waals surface area contributed by atoms with Crippen LogP contribution in [0.5, 0.6) is 0 Å². The number of hydrazone groups is 1. The number of hydrogen-bond acceptors (Lipinski definition) is 6. The van der Waals surface area contributed by atoms with Crippen molar-refractivity contribution in [2.45, 2.75) is 132 Å². The lowest BCUT2D eigenvalue weighted by molar-refractivity contribution is -0.122. The maximum absolute atomic E-state index is 12.1. The fourth-order valence-corrected chi connectivity index (χ4v) is 5.76. The number of nitrogens with zero attached hydrogens (tertiary/aromatic N) is 1. The van der Waals surface area contributed by atoms with Crippen molar-refractivity contribution < 1.29 is 14.4 Å². The predicted octanol–water partition coefficient (Wildman–Crippen LogP) is 9.16. The van der Waals surface area contributed by atoms with E-state index in [2.05, 4.69) is 34.9 Å². The van der Waals surface area contributed by atoms with E-state index < -0.39 is 0 Å². The van der Waals surface area contributed by atoms with Crippen LogP contribution in [-0.4, -0.2) is 41.4 Å². The quantitative estimate of drug-likeness (QED) is 0.0582. The lowest BCUT2D eigenvalue weighted by Gasteiger charge is -2.07. The van der Waals surface area contributed by atoms with Crippen molar-refractivity contribution in [2.24, 2.45) is 11.0 Å². The first-order valence-electron chi connectivity index (χ1n) is 16.3. The topological polar surface area (TPSA) is 87.6 Å². The summed E-state index contributed by atoms with van der Waals surface area (Å²) in [5, 5.41) is 7.28. The minimum absolute atomic E-state index is 0.0930. The van der Waals surface area contributed by atoms with Crippen LogP contribution < -0.4 is 10.7 Å². The highest BCUT2D eigenvalue weighted by Gasteiger charge is 2.07. The van der Waals surface area contributed by atoms with Crippen LogP contribution in [0.3, 0.4) is 0 Å². The Hall–Kier alpha value is -1.80. The molecule has 0 unspecified atom stereocenters. The van der Waals surface area contributed by atoms with Crippen LogP contribution in [0.2, 0.25) is 0 Å². The molecule has 1 aromatic rings. The number of benzene rings is 1. The van der Waals surface area contributed by atoms with E-state index in [-0.39, 0.29) is 17.7 Å². The highest BCUT2D eigenvalue weighted by atomic mass is 33.1. The minimum Gasteiger partial charge on any atom is -0.356 e. The van der Waals surface area contributed by atoms with E-state index in [0.717, 1.165) is 61.4 Å². The number of nitrogens with one attached hydrogen (secondary N) is 2. The van der Waals surface area contributed by atoms with E-state index in [0.29, 0.717) is 25.0 Å². The van der Waals surface area contributed by atoms with Crippen LogP contribution in [-0.2, 0) is 20.8 Å². The summed E-state index contributed by atoms with van der Waals surface area (Å²) in [6.07, 6.45) is 11.4. The highest BCUT2D eigenvalue weighted by Crippen LogP contribution is 2.23. The van der Waals surface area contributed by atoms with E-state index in [1.54, 1.807) is 21.6 Å². The molecular formula is C34H61N3O3S2. The number of carbonyl (C=O) groups is 3. The lowest BCUT2D eigenvalue weighted by Crippen LogP contribution is -2.24. The monoisotopic (exact) mass is 623 g/mol. The molecule has 0 aliphatic rings. The summed E-state index contributed by atoms with van der Waals surface area (Å²) < 4.78 is 0. The third kappa shape index (κ3) is 24.8. The second kappa shape index (κ2) is 30.7. The average Bonchev–Trinajstić information content (AvgIpc) is 3.01. The van der Waals surface area contributed by atoms with Gasteiger partial charge in [-0.3, -0.25) is 14.4 Å². The summed E-state index contributed by atoms with van der Waals surface area (Å²) in [6.45, 7) is 16.8. The zero-order chi connectivity index (χ0) is 32.0. The zero-order valence-corrected chi connectivity index (χ0v) is 29.6. The van der Waals surface area contributed by atoms with Crippen molar-refractivity contribution in [3.05, 3.63) is 35.4 Å². The van der Waals surface area contributed by atoms with Gasteiger partial charge in [-0.25, -0.2) is 5.43 Å². The van der Waals surface area contributed by atoms with Crippen LogP contribution in [0.1, 0.15) is 137 Å². The Labute approximate surface area is 266 Å². The van der Waals surface area contributed by atoms with Gasteiger partial charge in [-0.1, -0.05) is 120 Å². The second-order valence-corrected chi connectivity index (χ2v) is 12.7. The largest absolute Gasteiger partial charge is 0.356 e. The second-order valence-electron chi connectivity index (χ2n) is 10.0. The number of aryl methyl sites for hydroxylation is 1. The first-order valence-corrected chi connectivity index (χ1v) is 18.8. The molecule has 0 aromatic heterocycles. The third-order valence-corrected chi connectivity index (χ3v) is 8.73. The molecule has 42 heavy (non-hydrogen) atoms. The molecule has 0 saturated carbocycles. The van der Waals surface area contributed by atoms with Gasteiger partial charge in [0.15, 0.2) is 0 Å². The van der Waals surface area contributed by atoms with Crippen LogP contribution in [0, 0.1) is 5.92 Å². The molecule has 2 amide bonds. The molecule has 0 aliphatic heterocycles. The molecule has 0 radical (unpaired) electrons. The predicted molar refractivity (Wildman–Crippen MR) is 187 cm³/mol. The number of unbranched alkanes of at least 4 members (excludes halogenated alkanes) is 5. The first-order chi connectivity index (χ1) is 20.3. The summed E-state index contributed by atoms with van der Waals surface area (Å²) in [5.41, 5.74) is 5.64. The Morgan fingerprint density at radius 2 is 1.40 bits per heavy atom. The molecule has 0 fully saturated rings. The van der Waals surface area contributed by atoms with Gasteiger partial charge in [0.2, 0.25) is 11.8 Å². The van der Waals surface area contributed by atoms with Gasteiger partial charge in [0.1, 0.15) is 5.78 Å². The van der Waals surface area contributed by atoms with Gasteiger partial charge in [-0.2, -0.15) is 5.10 Å². The van der Waals surface area contributed by atoms with E-state index in [1.807, 2.05) is 60.6 Å². The Morgan fingerprint density at radius 1 is 0.762 bits per heavy atom. The maximum atomic E-state index is 12.1. The van der Waals surface area contributed by atoms with E-state index in [1.165, 1.54) is 31.2 Å². The molecule has 0 bridgehead atoms. The van der Waals surface area contributed by atoms with Crippen LogP contribution >= 0.6 is 21.6 Å². The van der Waals surface area contributed by atoms with Gasteiger partial charge < -0.3 is 5.32 Å². The first kappa shape index (κ1) is 42.3. The summed E-state index contributed by atoms with van der Waals surface area (Å²) in [7, 11) is 3.38. The third-order valence-electron chi connectivity index (χ3n) is 6.23. The molecular weight excluding hydrogens is 563 g/mol. The van der Waals surface area contributed by atoms with Gasteiger partial charge in [0.05, 0.1) is 5.71 Å². The number of Topliss-reactive ketones (excluding diaryl/α,β-unsaturated/α-hetero) is 1. The van der Waals surface area contributed by atoms with Crippen molar-refractivity contribution in [1.82, 2.24) is 10.7 Å². The fourth-order valence-electron chi connectivity index (χ4n) is 3.68. The van der Waals surface area contributed by atoms with Crippen molar-refractivity contribution in [3.63, 3.8) is 0 Å². The maximum Gasteiger partial charge on any atom is 0.240 e. The smallest absolute Gasteiger partial charge is 0.240 e. The molecule has 0 heterocycles. The van der Waals surface area contributed by atoms with E-state index >= 15 is 0 Å². The molecule has 242 valence electrons. The van der Waals surface area contributed by atoms with Crippen LogP contribution in [0.15, 0.2) is 29.4 Å². The van der Waals surface area contributed by atoms with Gasteiger partial charge in [-0.15, -0.1) is 0 Å². The van der Waals surface area contributed by atoms with Crippen LogP contribution in [0.25, 0.3) is 0 Å². The summed E-state index contributed by atoms with van der Waals surface area (Å²) >= 11 is 0. The average molecular weight is 624 g/mol. The molecule has 0 atom stereocenters. The van der Waals surface area contributed by atoms with Crippen molar-refractivity contribution in [2.75, 3.05) is 18.1 Å². The number of ketones is 1. The number of amides is 2. The Balaban J connectivity index is 0. The zero-order valence-electron chi connectivity index (χ0n) is 28.0. The van der Waals surface area contributed by atoms with Crippen molar-refractivity contribution >= 4 is 44.9 Å². The Bertz CT molecular complexity index is 843. The SMILES string of the molecule is CC.CC.CCCCCCCNC(=O)CCCCc1ccc(/C(C)=N/NC(=O)CCSSCCCC(=O)C(C)C)cc1. The highest BCUT2D eigenvalue weighted by molar-refractivity contribution is 8.76. The normalized spacial score (nSPS) is 10.7. The molecule has 1 rings (SSSR count). The number of hydrogen-bond donors (Lipinski definition) is 2. The lowest BCUT2D eigenvalue weighted by atomic mass is 10.0. The fraction of sp³-hybridized carbons (Fsp3) is 0.706. The summed E-state index contributed by atoms with van der Waals surface area (Å²) in [4.78, 5) is 35.6.